The zero-order chi connectivity index (χ0) is 15.1. The Labute approximate surface area is 132 Å². The Morgan fingerprint density at radius 3 is 2.29 bits per heavy atom. The SMILES string of the molecule is NC(=O)CCBr.c1ccc(-c2cc3ccccc3[nH]2)cc1. The molecule has 4 heteroatoms. The summed E-state index contributed by atoms with van der Waals surface area (Å²) >= 11 is 3.05. The average molecular weight is 345 g/mol. The first-order valence-corrected chi connectivity index (χ1v) is 7.80. The maximum atomic E-state index is 9.79. The van der Waals surface area contributed by atoms with Crippen LogP contribution in [0.3, 0.4) is 0 Å². The number of fused-ring (bicyclic) bond motifs is 1. The van der Waals surface area contributed by atoms with Crippen molar-refractivity contribution in [3.63, 3.8) is 0 Å². The summed E-state index contributed by atoms with van der Waals surface area (Å²) in [6, 6.07) is 20.9. The molecule has 0 saturated heterocycles. The highest BCUT2D eigenvalue weighted by Gasteiger charge is 2.00. The highest BCUT2D eigenvalue weighted by Crippen LogP contribution is 2.23. The highest BCUT2D eigenvalue weighted by molar-refractivity contribution is 9.09. The Morgan fingerprint density at radius 1 is 1.05 bits per heavy atom. The molecule has 2 aromatic carbocycles. The van der Waals surface area contributed by atoms with Crippen LogP contribution in [0.5, 0.6) is 0 Å². The summed E-state index contributed by atoms with van der Waals surface area (Å²) < 4.78 is 0. The summed E-state index contributed by atoms with van der Waals surface area (Å²) in [5.41, 5.74) is 8.33. The fourth-order valence-corrected chi connectivity index (χ4v) is 2.33. The highest BCUT2D eigenvalue weighted by atomic mass is 79.9. The predicted octanol–water partition coefficient (Wildman–Crippen LogP) is 4.09. The van der Waals surface area contributed by atoms with Gasteiger partial charge in [0.25, 0.3) is 0 Å². The van der Waals surface area contributed by atoms with Gasteiger partial charge in [0.2, 0.25) is 5.91 Å². The molecular formula is C17H17BrN2O. The molecule has 0 aliphatic carbocycles. The quantitative estimate of drug-likeness (QED) is 0.690. The van der Waals surface area contributed by atoms with E-state index in [1.807, 2.05) is 12.1 Å². The molecule has 3 N–H and O–H groups in total. The number of alkyl halides is 1. The van der Waals surface area contributed by atoms with Crippen molar-refractivity contribution in [1.29, 1.82) is 0 Å². The number of carbonyl (C=O) groups is 1. The van der Waals surface area contributed by atoms with Crippen molar-refractivity contribution < 1.29 is 4.79 Å². The number of benzene rings is 2. The van der Waals surface area contributed by atoms with E-state index in [1.165, 1.54) is 22.2 Å². The number of primary amides is 1. The molecule has 1 heterocycles. The molecule has 0 saturated carbocycles. The summed E-state index contributed by atoms with van der Waals surface area (Å²) in [5.74, 6) is -0.258. The topological polar surface area (TPSA) is 58.9 Å². The van der Waals surface area contributed by atoms with E-state index in [1.54, 1.807) is 0 Å². The van der Waals surface area contributed by atoms with E-state index in [9.17, 15) is 4.79 Å². The van der Waals surface area contributed by atoms with E-state index in [0.717, 1.165) is 0 Å². The minimum absolute atomic E-state index is 0.258. The summed E-state index contributed by atoms with van der Waals surface area (Å²) in [6.45, 7) is 0. The average Bonchev–Trinajstić information content (AvgIpc) is 2.92. The third-order valence-corrected chi connectivity index (χ3v) is 3.35. The van der Waals surface area contributed by atoms with Crippen LogP contribution in [0.1, 0.15) is 6.42 Å². The van der Waals surface area contributed by atoms with E-state index in [2.05, 4.69) is 69.4 Å². The number of carbonyl (C=O) groups excluding carboxylic acids is 1. The zero-order valence-electron chi connectivity index (χ0n) is 11.6. The second-order valence-corrected chi connectivity index (χ2v) is 5.33. The molecule has 0 unspecified atom stereocenters. The van der Waals surface area contributed by atoms with Crippen molar-refractivity contribution in [3.05, 3.63) is 60.7 Å². The molecule has 3 aromatic rings. The van der Waals surface area contributed by atoms with Gasteiger partial charge in [-0.05, 0) is 17.7 Å². The Balaban J connectivity index is 0.000000232. The van der Waals surface area contributed by atoms with Gasteiger partial charge in [0.1, 0.15) is 0 Å². The van der Waals surface area contributed by atoms with Gasteiger partial charge in [0, 0.05) is 28.3 Å². The van der Waals surface area contributed by atoms with Crippen LogP contribution in [0, 0.1) is 0 Å². The Hall–Kier alpha value is -2.07. The fraction of sp³-hybridized carbons (Fsp3) is 0.118. The summed E-state index contributed by atoms with van der Waals surface area (Å²) in [5, 5.41) is 1.93. The van der Waals surface area contributed by atoms with Crippen LogP contribution >= 0.6 is 15.9 Å². The van der Waals surface area contributed by atoms with E-state index in [-0.39, 0.29) is 5.91 Å². The Bertz CT molecular complexity index is 674. The third kappa shape index (κ3) is 4.46. The van der Waals surface area contributed by atoms with Gasteiger partial charge in [-0.25, -0.2) is 0 Å². The van der Waals surface area contributed by atoms with Gasteiger partial charge in [-0.1, -0.05) is 64.5 Å². The normalized spacial score (nSPS) is 9.95. The Kier molecular flexibility index (Phi) is 5.58. The smallest absolute Gasteiger partial charge is 0.218 e. The summed E-state index contributed by atoms with van der Waals surface area (Å²) in [4.78, 5) is 13.2. The van der Waals surface area contributed by atoms with Crippen LogP contribution in [-0.2, 0) is 4.79 Å². The monoisotopic (exact) mass is 344 g/mol. The van der Waals surface area contributed by atoms with E-state index in [4.69, 9.17) is 5.73 Å². The minimum atomic E-state index is -0.258. The molecule has 0 radical (unpaired) electrons. The molecule has 0 atom stereocenters. The van der Waals surface area contributed by atoms with Crippen molar-refractivity contribution in [3.8, 4) is 11.3 Å². The number of rotatable bonds is 3. The molecule has 3 nitrogen and oxygen atoms in total. The number of aromatic nitrogens is 1. The molecule has 1 aromatic heterocycles. The predicted molar refractivity (Wildman–Crippen MR) is 91.3 cm³/mol. The first kappa shape index (κ1) is 15.3. The number of para-hydroxylation sites is 1. The number of nitrogens with two attached hydrogens (primary N) is 1. The van der Waals surface area contributed by atoms with Crippen LogP contribution in [0.4, 0.5) is 0 Å². The number of nitrogens with one attached hydrogen (secondary N) is 1. The van der Waals surface area contributed by atoms with E-state index < -0.39 is 0 Å². The maximum Gasteiger partial charge on any atom is 0.218 e. The molecule has 3 rings (SSSR count). The summed E-state index contributed by atoms with van der Waals surface area (Å²) in [6.07, 6.45) is 0.431. The zero-order valence-corrected chi connectivity index (χ0v) is 13.1. The molecule has 1 amide bonds. The lowest BCUT2D eigenvalue weighted by Crippen LogP contribution is -2.09. The lowest BCUT2D eigenvalue weighted by Gasteiger charge is -1.94. The van der Waals surface area contributed by atoms with Crippen molar-refractivity contribution in [2.24, 2.45) is 5.73 Å². The lowest BCUT2D eigenvalue weighted by molar-refractivity contribution is -0.117. The van der Waals surface area contributed by atoms with Gasteiger partial charge in [0.15, 0.2) is 0 Å². The van der Waals surface area contributed by atoms with Crippen LogP contribution < -0.4 is 5.73 Å². The third-order valence-electron chi connectivity index (χ3n) is 2.96. The van der Waals surface area contributed by atoms with Crippen LogP contribution in [0.25, 0.3) is 22.2 Å². The molecule has 0 aliphatic rings. The lowest BCUT2D eigenvalue weighted by atomic mass is 10.1. The van der Waals surface area contributed by atoms with Crippen molar-refractivity contribution in [1.82, 2.24) is 4.98 Å². The van der Waals surface area contributed by atoms with Gasteiger partial charge in [0.05, 0.1) is 0 Å². The van der Waals surface area contributed by atoms with Gasteiger partial charge in [-0.15, -0.1) is 0 Å². The summed E-state index contributed by atoms with van der Waals surface area (Å²) in [7, 11) is 0. The van der Waals surface area contributed by atoms with Crippen LogP contribution in [-0.4, -0.2) is 16.2 Å². The van der Waals surface area contributed by atoms with Crippen LogP contribution in [0.2, 0.25) is 0 Å². The number of halogens is 1. The van der Waals surface area contributed by atoms with Crippen LogP contribution in [0.15, 0.2) is 60.7 Å². The van der Waals surface area contributed by atoms with Crippen molar-refractivity contribution >= 4 is 32.7 Å². The van der Waals surface area contributed by atoms with Gasteiger partial charge in [-0.3, -0.25) is 4.79 Å². The van der Waals surface area contributed by atoms with Gasteiger partial charge >= 0.3 is 0 Å². The van der Waals surface area contributed by atoms with Gasteiger partial charge in [-0.2, -0.15) is 0 Å². The number of hydrogen-bond donors (Lipinski definition) is 2. The second kappa shape index (κ2) is 7.64. The molecule has 21 heavy (non-hydrogen) atoms. The largest absolute Gasteiger partial charge is 0.370 e. The second-order valence-electron chi connectivity index (χ2n) is 4.54. The number of hydrogen-bond acceptors (Lipinski definition) is 1. The maximum absolute atomic E-state index is 9.79. The van der Waals surface area contributed by atoms with Crippen molar-refractivity contribution in [2.45, 2.75) is 6.42 Å². The molecule has 0 bridgehead atoms. The molecule has 0 spiro atoms. The minimum Gasteiger partial charge on any atom is -0.370 e. The van der Waals surface area contributed by atoms with Crippen molar-refractivity contribution in [2.75, 3.05) is 5.33 Å². The standard InChI is InChI=1S/C14H11N.C3H6BrNO/c1-2-6-11(7-3-1)14-10-12-8-4-5-9-13(12)15-14;4-2-1-3(5)6/h1-10,15H;1-2H2,(H2,5,6). The Morgan fingerprint density at radius 2 is 1.71 bits per heavy atom. The number of H-pyrrole nitrogens is 1. The molecule has 0 aliphatic heterocycles. The fourth-order valence-electron chi connectivity index (χ4n) is 1.94. The number of amides is 1. The number of aromatic amines is 1. The molecule has 0 fully saturated rings. The molecular weight excluding hydrogens is 328 g/mol. The van der Waals surface area contributed by atoms with E-state index in [0.29, 0.717) is 11.8 Å². The van der Waals surface area contributed by atoms with E-state index >= 15 is 0 Å². The first-order valence-electron chi connectivity index (χ1n) is 6.68. The van der Waals surface area contributed by atoms with Gasteiger partial charge < -0.3 is 10.7 Å². The molecule has 108 valence electrons. The first-order chi connectivity index (χ1) is 10.2.